The van der Waals surface area contributed by atoms with Crippen LogP contribution in [0.15, 0.2) is 53.2 Å². The van der Waals surface area contributed by atoms with Crippen molar-refractivity contribution in [3.8, 4) is 0 Å². The highest BCUT2D eigenvalue weighted by atomic mass is 16.3. The maximum Gasteiger partial charge on any atom is 0.294 e. The van der Waals surface area contributed by atoms with Gasteiger partial charge in [0.2, 0.25) is 5.91 Å². The molecule has 2 N–H and O–H groups in total. The molecule has 5 heteroatoms. The van der Waals surface area contributed by atoms with Crippen LogP contribution in [-0.4, -0.2) is 17.9 Å². The van der Waals surface area contributed by atoms with Gasteiger partial charge in [-0.15, -0.1) is 0 Å². The molecule has 2 aromatic rings. The van der Waals surface area contributed by atoms with Crippen LogP contribution >= 0.6 is 0 Å². The van der Waals surface area contributed by atoms with Gasteiger partial charge in [0, 0.05) is 11.3 Å². The lowest BCUT2D eigenvalue weighted by molar-refractivity contribution is 0.0956. The molecule has 1 unspecified atom stereocenters. The molecule has 2 heterocycles. The number of carbonyl (C=O) groups excluding carboxylic acids is 2. The Labute approximate surface area is 134 Å². The number of nitrogens with two attached hydrogens (primary N) is 1. The Morgan fingerprint density at radius 3 is 2.87 bits per heavy atom. The van der Waals surface area contributed by atoms with E-state index in [1.54, 1.807) is 35.2 Å². The van der Waals surface area contributed by atoms with E-state index in [4.69, 9.17) is 10.2 Å². The SMILES string of the molecule is CC/C=C/C1Cc2cc(C(N)=O)ccc2N1C(=O)c1ccco1. The Balaban J connectivity index is 2.02. The first kappa shape index (κ1) is 15.1. The van der Waals surface area contributed by atoms with E-state index in [2.05, 4.69) is 0 Å². The minimum absolute atomic E-state index is 0.0920. The molecule has 5 nitrogen and oxygen atoms in total. The number of nitrogens with zero attached hydrogens (tertiary/aromatic N) is 1. The molecule has 1 aromatic carbocycles. The van der Waals surface area contributed by atoms with Gasteiger partial charge in [-0.1, -0.05) is 19.1 Å². The quantitative estimate of drug-likeness (QED) is 0.882. The van der Waals surface area contributed by atoms with Crippen molar-refractivity contribution in [3.05, 3.63) is 65.6 Å². The molecule has 1 aliphatic rings. The zero-order valence-electron chi connectivity index (χ0n) is 12.9. The van der Waals surface area contributed by atoms with E-state index >= 15 is 0 Å². The second-order valence-electron chi connectivity index (χ2n) is 5.47. The molecule has 1 aliphatic heterocycles. The molecule has 0 radical (unpaired) electrons. The number of benzene rings is 1. The first-order valence-electron chi connectivity index (χ1n) is 7.58. The van der Waals surface area contributed by atoms with Crippen molar-refractivity contribution in [1.82, 2.24) is 0 Å². The van der Waals surface area contributed by atoms with E-state index in [9.17, 15) is 9.59 Å². The zero-order chi connectivity index (χ0) is 16.4. The van der Waals surface area contributed by atoms with Gasteiger partial charge in [0.15, 0.2) is 5.76 Å². The molecule has 0 saturated carbocycles. The summed E-state index contributed by atoms with van der Waals surface area (Å²) < 4.78 is 5.25. The summed E-state index contributed by atoms with van der Waals surface area (Å²) in [6.07, 6.45) is 7.08. The van der Waals surface area contributed by atoms with E-state index in [1.807, 2.05) is 19.1 Å². The summed E-state index contributed by atoms with van der Waals surface area (Å²) in [6, 6.07) is 8.44. The molecule has 1 aromatic heterocycles. The van der Waals surface area contributed by atoms with Crippen LogP contribution in [0.4, 0.5) is 5.69 Å². The van der Waals surface area contributed by atoms with Crippen LogP contribution < -0.4 is 10.6 Å². The molecular weight excluding hydrogens is 292 g/mol. The van der Waals surface area contributed by atoms with E-state index in [0.29, 0.717) is 17.7 Å². The molecule has 118 valence electrons. The van der Waals surface area contributed by atoms with Crippen LogP contribution in [0.2, 0.25) is 0 Å². The third-order valence-corrected chi connectivity index (χ3v) is 3.93. The average Bonchev–Trinajstić information content (AvgIpc) is 3.18. The van der Waals surface area contributed by atoms with Crippen molar-refractivity contribution in [3.63, 3.8) is 0 Å². The van der Waals surface area contributed by atoms with Crippen LogP contribution in [0.25, 0.3) is 0 Å². The monoisotopic (exact) mass is 310 g/mol. The summed E-state index contributed by atoms with van der Waals surface area (Å²) >= 11 is 0. The number of hydrogen-bond donors (Lipinski definition) is 1. The predicted molar refractivity (Wildman–Crippen MR) is 87.4 cm³/mol. The summed E-state index contributed by atoms with van der Waals surface area (Å²) in [4.78, 5) is 25.9. The molecule has 1 atom stereocenters. The van der Waals surface area contributed by atoms with Crippen molar-refractivity contribution in [2.45, 2.75) is 25.8 Å². The number of carbonyl (C=O) groups is 2. The van der Waals surface area contributed by atoms with Gasteiger partial charge in [-0.25, -0.2) is 0 Å². The fraction of sp³-hybridized carbons (Fsp3) is 0.222. The van der Waals surface area contributed by atoms with Crippen LogP contribution in [0.1, 0.15) is 39.8 Å². The number of anilines is 1. The number of hydrogen-bond acceptors (Lipinski definition) is 3. The Morgan fingerprint density at radius 1 is 1.39 bits per heavy atom. The molecular formula is C18H18N2O3. The molecule has 0 fully saturated rings. The van der Waals surface area contributed by atoms with Gasteiger partial charge >= 0.3 is 0 Å². The van der Waals surface area contributed by atoms with Gasteiger partial charge in [-0.05, 0) is 48.7 Å². The number of allylic oxidation sites excluding steroid dienone is 1. The van der Waals surface area contributed by atoms with E-state index in [-0.39, 0.29) is 11.9 Å². The maximum atomic E-state index is 12.8. The van der Waals surface area contributed by atoms with Crippen molar-refractivity contribution >= 4 is 17.5 Å². The van der Waals surface area contributed by atoms with Gasteiger partial charge in [0.25, 0.3) is 5.91 Å². The summed E-state index contributed by atoms with van der Waals surface area (Å²) in [5, 5.41) is 0. The molecule has 2 amide bonds. The molecule has 0 saturated heterocycles. The second-order valence-corrected chi connectivity index (χ2v) is 5.47. The molecule has 0 bridgehead atoms. The Morgan fingerprint density at radius 2 is 2.22 bits per heavy atom. The largest absolute Gasteiger partial charge is 0.459 e. The number of fused-ring (bicyclic) bond motifs is 1. The van der Waals surface area contributed by atoms with E-state index < -0.39 is 5.91 Å². The fourth-order valence-corrected chi connectivity index (χ4v) is 2.86. The number of primary amides is 1. The van der Waals surface area contributed by atoms with Crippen molar-refractivity contribution in [1.29, 1.82) is 0 Å². The van der Waals surface area contributed by atoms with Gasteiger partial charge in [0.1, 0.15) is 0 Å². The van der Waals surface area contributed by atoms with Gasteiger partial charge in [0.05, 0.1) is 12.3 Å². The lowest BCUT2D eigenvalue weighted by Gasteiger charge is -2.22. The summed E-state index contributed by atoms with van der Waals surface area (Å²) in [5.74, 6) is -0.359. The minimum Gasteiger partial charge on any atom is -0.459 e. The Bertz CT molecular complexity index is 763. The first-order valence-corrected chi connectivity index (χ1v) is 7.58. The lowest BCUT2D eigenvalue weighted by atomic mass is 10.1. The third-order valence-electron chi connectivity index (χ3n) is 3.93. The summed E-state index contributed by atoms with van der Waals surface area (Å²) in [5.41, 5.74) is 7.53. The number of amides is 2. The standard InChI is InChI=1S/C18H18N2O3/c1-2-3-5-14-11-13-10-12(17(19)21)7-8-15(13)20(14)18(22)16-6-4-9-23-16/h3-10,14H,2,11H2,1H3,(H2,19,21)/b5-3+. The Kier molecular flexibility index (Phi) is 4.02. The molecule has 0 aliphatic carbocycles. The van der Waals surface area contributed by atoms with Crippen molar-refractivity contribution in [2.75, 3.05) is 4.90 Å². The summed E-state index contributed by atoms with van der Waals surface area (Å²) in [6.45, 7) is 2.04. The second kappa shape index (κ2) is 6.12. The van der Waals surface area contributed by atoms with E-state index in [0.717, 1.165) is 17.7 Å². The van der Waals surface area contributed by atoms with Crippen molar-refractivity contribution in [2.24, 2.45) is 5.73 Å². The van der Waals surface area contributed by atoms with Crippen molar-refractivity contribution < 1.29 is 14.0 Å². The highest BCUT2D eigenvalue weighted by Crippen LogP contribution is 2.35. The first-order chi connectivity index (χ1) is 11.1. The average molecular weight is 310 g/mol. The van der Waals surface area contributed by atoms with E-state index in [1.165, 1.54) is 6.26 Å². The fourth-order valence-electron chi connectivity index (χ4n) is 2.86. The normalized spacial score (nSPS) is 16.7. The van der Waals surface area contributed by atoms with Gasteiger partial charge in [-0.3, -0.25) is 14.5 Å². The van der Waals surface area contributed by atoms with Crippen LogP contribution in [0.3, 0.4) is 0 Å². The third kappa shape index (κ3) is 2.77. The minimum atomic E-state index is -0.468. The molecule has 23 heavy (non-hydrogen) atoms. The zero-order valence-corrected chi connectivity index (χ0v) is 12.9. The summed E-state index contributed by atoms with van der Waals surface area (Å²) in [7, 11) is 0. The topological polar surface area (TPSA) is 76.5 Å². The van der Waals surface area contributed by atoms with Crippen LogP contribution in [0, 0.1) is 0 Å². The smallest absolute Gasteiger partial charge is 0.294 e. The Hall–Kier alpha value is -2.82. The van der Waals surface area contributed by atoms with Crippen LogP contribution in [-0.2, 0) is 6.42 Å². The molecule has 3 rings (SSSR count). The van der Waals surface area contributed by atoms with Crippen LogP contribution in [0.5, 0.6) is 0 Å². The predicted octanol–water partition coefficient (Wildman–Crippen LogP) is 2.92. The number of rotatable bonds is 4. The lowest BCUT2D eigenvalue weighted by Crippen LogP contribution is -2.36. The highest BCUT2D eigenvalue weighted by Gasteiger charge is 2.34. The maximum absolute atomic E-state index is 12.8. The van der Waals surface area contributed by atoms with Gasteiger partial charge < -0.3 is 10.2 Å². The molecule has 0 spiro atoms. The van der Waals surface area contributed by atoms with Gasteiger partial charge in [-0.2, -0.15) is 0 Å². The highest BCUT2D eigenvalue weighted by molar-refractivity contribution is 6.06. The number of furan rings is 1.